The maximum atomic E-state index is 12.1. The number of nitrogens with one attached hydrogen (secondary N) is 1. The highest BCUT2D eigenvalue weighted by molar-refractivity contribution is 7.98. The van der Waals surface area contributed by atoms with Gasteiger partial charge in [0.2, 0.25) is 0 Å². The first-order valence-electron chi connectivity index (χ1n) is 8.53. The van der Waals surface area contributed by atoms with Crippen LogP contribution in [0.1, 0.15) is 29.6 Å². The molecule has 0 spiro atoms. The Bertz CT molecular complexity index is 1180. The summed E-state index contributed by atoms with van der Waals surface area (Å²) >= 11 is 4.86. The fourth-order valence-electron chi connectivity index (χ4n) is 3.48. The van der Waals surface area contributed by atoms with E-state index in [9.17, 15) is 4.79 Å². The molecule has 4 aromatic rings. The van der Waals surface area contributed by atoms with Gasteiger partial charge in [0, 0.05) is 10.3 Å². The molecule has 0 saturated carbocycles. The van der Waals surface area contributed by atoms with Crippen LogP contribution in [0.5, 0.6) is 0 Å². The lowest BCUT2D eigenvalue weighted by Crippen LogP contribution is -2.09. The van der Waals surface area contributed by atoms with Gasteiger partial charge in [-0.25, -0.2) is 15.0 Å². The third kappa shape index (κ3) is 2.76. The number of aromatic nitrogens is 4. The summed E-state index contributed by atoms with van der Waals surface area (Å²) in [6, 6.07) is 1.89. The number of aromatic amines is 1. The predicted molar refractivity (Wildman–Crippen MR) is 108 cm³/mol. The Kier molecular flexibility index (Phi) is 4.06. The molecule has 1 aliphatic carbocycles. The van der Waals surface area contributed by atoms with Crippen LogP contribution in [-0.4, -0.2) is 19.9 Å². The van der Waals surface area contributed by atoms with E-state index in [0.717, 1.165) is 34.1 Å². The lowest BCUT2D eigenvalue weighted by molar-refractivity contribution is 0.509. The highest BCUT2D eigenvalue weighted by atomic mass is 32.2. The first-order valence-corrected chi connectivity index (χ1v) is 11.2. The monoisotopic (exact) mass is 400 g/mol. The number of fused-ring (bicyclic) bond motifs is 4. The topological polar surface area (TPSA) is 71.5 Å². The molecule has 5 rings (SSSR count). The van der Waals surface area contributed by atoms with Gasteiger partial charge >= 0.3 is 0 Å². The van der Waals surface area contributed by atoms with Crippen LogP contribution in [0.2, 0.25) is 0 Å². The Morgan fingerprint density at radius 2 is 2.31 bits per heavy atom. The summed E-state index contributed by atoms with van der Waals surface area (Å²) in [4.78, 5) is 31.2. The Balaban J connectivity index is 1.50. The van der Waals surface area contributed by atoms with Crippen molar-refractivity contribution in [3.8, 4) is 0 Å². The van der Waals surface area contributed by atoms with E-state index >= 15 is 0 Å². The Labute approximate surface area is 161 Å². The van der Waals surface area contributed by atoms with Crippen molar-refractivity contribution in [2.45, 2.75) is 37.0 Å². The molecule has 26 heavy (non-hydrogen) atoms. The van der Waals surface area contributed by atoms with Crippen molar-refractivity contribution in [2.75, 3.05) is 0 Å². The molecule has 0 radical (unpaired) electrons. The molecule has 0 aromatic carbocycles. The fraction of sp³-hybridized carbons (Fsp3) is 0.333. The fourth-order valence-corrected chi connectivity index (χ4v) is 6.52. The first kappa shape index (κ1) is 16.4. The lowest BCUT2D eigenvalue weighted by Gasteiger charge is -2.18. The van der Waals surface area contributed by atoms with Crippen molar-refractivity contribution in [1.29, 1.82) is 0 Å². The zero-order chi connectivity index (χ0) is 17.7. The zero-order valence-corrected chi connectivity index (χ0v) is 16.6. The van der Waals surface area contributed by atoms with Gasteiger partial charge < -0.3 is 4.98 Å². The van der Waals surface area contributed by atoms with Crippen molar-refractivity contribution in [3.05, 3.63) is 44.4 Å². The number of nitrogens with zero attached hydrogens (tertiary/aromatic N) is 3. The molecule has 1 atom stereocenters. The molecular weight excluding hydrogens is 384 g/mol. The van der Waals surface area contributed by atoms with Gasteiger partial charge in [-0.3, -0.25) is 4.79 Å². The summed E-state index contributed by atoms with van der Waals surface area (Å²) in [7, 11) is 0. The van der Waals surface area contributed by atoms with Crippen LogP contribution in [-0.2, 0) is 18.6 Å². The minimum atomic E-state index is -0.0599. The molecule has 132 valence electrons. The van der Waals surface area contributed by atoms with E-state index in [1.807, 2.05) is 22.8 Å². The van der Waals surface area contributed by atoms with Gasteiger partial charge in [-0.15, -0.1) is 22.7 Å². The van der Waals surface area contributed by atoms with Crippen LogP contribution >= 0.6 is 34.4 Å². The van der Waals surface area contributed by atoms with Gasteiger partial charge in [0.05, 0.1) is 11.3 Å². The molecule has 0 saturated heterocycles. The molecule has 1 aliphatic rings. The summed E-state index contributed by atoms with van der Waals surface area (Å²) in [5.74, 6) is 2.02. The van der Waals surface area contributed by atoms with Crippen molar-refractivity contribution in [1.82, 2.24) is 19.9 Å². The van der Waals surface area contributed by atoms with Crippen LogP contribution in [0.4, 0.5) is 0 Å². The minimum Gasteiger partial charge on any atom is -0.309 e. The number of thioether (sulfide) groups is 1. The van der Waals surface area contributed by atoms with Crippen molar-refractivity contribution < 1.29 is 0 Å². The number of hydrogen-bond donors (Lipinski definition) is 1. The van der Waals surface area contributed by atoms with E-state index in [4.69, 9.17) is 0 Å². The molecule has 0 unspecified atom stereocenters. The second-order valence-electron chi connectivity index (χ2n) is 6.65. The standard InChI is InChI=1S/C18H16N4OS3/c1-9-2-3-10-12(6-9)26-18-14(10)17(19-8-20-18)25-7-13-21-11-4-5-24-15(11)16(23)22-13/h4-5,8-9H,2-3,6-7H2,1H3,(H,21,22,23)/t9-/m1/s1. The first-order chi connectivity index (χ1) is 12.7. The van der Waals surface area contributed by atoms with Gasteiger partial charge in [0.15, 0.2) is 0 Å². The quantitative estimate of drug-likeness (QED) is 0.407. The molecule has 1 N–H and O–H groups in total. The summed E-state index contributed by atoms with van der Waals surface area (Å²) in [6.45, 7) is 2.32. The number of aryl methyl sites for hydroxylation is 1. The van der Waals surface area contributed by atoms with Crippen LogP contribution in [0.15, 0.2) is 27.6 Å². The molecule has 5 nitrogen and oxygen atoms in total. The van der Waals surface area contributed by atoms with Crippen LogP contribution in [0.3, 0.4) is 0 Å². The van der Waals surface area contributed by atoms with Gasteiger partial charge in [0.25, 0.3) is 5.56 Å². The third-order valence-corrected chi connectivity index (χ3v) is 7.83. The number of hydrogen-bond acceptors (Lipinski definition) is 7. The predicted octanol–water partition coefficient (Wildman–Crippen LogP) is 4.41. The largest absolute Gasteiger partial charge is 0.309 e. The molecule has 0 fully saturated rings. The van der Waals surface area contributed by atoms with Crippen LogP contribution in [0, 0.1) is 5.92 Å². The number of thiophene rings is 2. The van der Waals surface area contributed by atoms with E-state index in [2.05, 4.69) is 26.9 Å². The third-order valence-electron chi connectivity index (χ3n) is 4.77. The van der Waals surface area contributed by atoms with E-state index in [-0.39, 0.29) is 5.56 Å². The minimum absolute atomic E-state index is 0.0599. The van der Waals surface area contributed by atoms with E-state index in [1.54, 1.807) is 18.1 Å². The van der Waals surface area contributed by atoms with Gasteiger partial charge in [-0.05, 0) is 42.2 Å². The molecular formula is C18H16N4OS3. The molecule has 0 amide bonds. The maximum Gasteiger partial charge on any atom is 0.268 e. The SMILES string of the molecule is C[C@@H]1CCc2c(sc3ncnc(SCc4nc5ccsc5c(=O)[nH]4)c23)C1. The average Bonchev–Trinajstić information content (AvgIpc) is 3.23. The Morgan fingerprint density at radius 3 is 3.23 bits per heavy atom. The molecule has 4 aromatic heterocycles. The average molecular weight is 401 g/mol. The Hall–Kier alpha value is -1.77. The summed E-state index contributed by atoms with van der Waals surface area (Å²) in [5.41, 5.74) is 2.14. The molecule has 0 bridgehead atoms. The van der Waals surface area contributed by atoms with Gasteiger partial charge in [-0.2, -0.15) is 0 Å². The zero-order valence-electron chi connectivity index (χ0n) is 14.1. The van der Waals surface area contributed by atoms with E-state index < -0.39 is 0 Å². The van der Waals surface area contributed by atoms with Crippen LogP contribution < -0.4 is 5.56 Å². The summed E-state index contributed by atoms with van der Waals surface area (Å²) in [6.07, 6.45) is 5.12. The number of rotatable bonds is 3. The highest BCUT2D eigenvalue weighted by Crippen LogP contribution is 2.40. The molecule has 8 heteroatoms. The maximum absolute atomic E-state index is 12.1. The highest BCUT2D eigenvalue weighted by Gasteiger charge is 2.23. The number of H-pyrrole nitrogens is 1. The van der Waals surface area contributed by atoms with Crippen molar-refractivity contribution in [2.24, 2.45) is 5.92 Å². The normalized spacial score (nSPS) is 17.0. The Morgan fingerprint density at radius 1 is 1.38 bits per heavy atom. The smallest absolute Gasteiger partial charge is 0.268 e. The summed E-state index contributed by atoms with van der Waals surface area (Å²) in [5, 5.41) is 4.11. The van der Waals surface area contributed by atoms with E-state index in [0.29, 0.717) is 16.3 Å². The lowest BCUT2D eigenvalue weighted by atomic mass is 9.89. The van der Waals surface area contributed by atoms with Gasteiger partial charge in [0.1, 0.15) is 26.7 Å². The van der Waals surface area contributed by atoms with Crippen molar-refractivity contribution >= 4 is 54.9 Å². The molecule has 0 aliphatic heterocycles. The summed E-state index contributed by atoms with van der Waals surface area (Å²) < 4.78 is 0.684. The van der Waals surface area contributed by atoms with Crippen molar-refractivity contribution in [3.63, 3.8) is 0 Å². The van der Waals surface area contributed by atoms with Crippen LogP contribution in [0.25, 0.3) is 20.4 Å². The second kappa shape index (κ2) is 6.44. The molecule has 4 heterocycles. The van der Waals surface area contributed by atoms with E-state index in [1.165, 1.54) is 33.6 Å². The second-order valence-corrected chi connectivity index (χ2v) is 9.61. The van der Waals surface area contributed by atoms with Gasteiger partial charge in [-0.1, -0.05) is 18.7 Å².